The minimum absolute atomic E-state index is 0.175. The number of nitrogens with one attached hydrogen (secondary N) is 1. The van der Waals surface area contributed by atoms with Gasteiger partial charge in [-0.2, -0.15) is 13.2 Å². The number of β-amino-alcohol motifs (C(OH)–C–C–N with tert-alkyl or cyclic N) is 1. The van der Waals surface area contributed by atoms with Gasteiger partial charge in [0, 0.05) is 50.2 Å². The molecular weight excluding hydrogens is 451 g/mol. The number of alkyl halides is 3. The molecule has 0 aliphatic carbocycles. The van der Waals surface area contributed by atoms with Gasteiger partial charge in [0.15, 0.2) is 0 Å². The monoisotopic (exact) mass is 481 g/mol. The van der Waals surface area contributed by atoms with E-state index in [1.54, 1.807) is 30.3 Å². The average molecular weight is 482 g/mol. The molecule has 2 aromatic carbocycles. The van der Waals surface area contributed by atoms with Crippen LogP contribution in [0.4, 0.5) is 29.3 Å². The Morgan fingerprint density at radius 1 is 1.12 bits per heavy atom. The third-order valence-corrected chi connectivity index (χ3v) is 5.34. The minimum Gasteiger partial charge on any atom is -0.494 e. The van der Waals surface area contributed by atoms with Crippen LogP contribution >= 0.6 is 0 Å². The number of benzene rings is 2. The molecule has 0 bridgehead atoms. The zero-order chi connectivity index (χ0) is 24.6. The van der Waals surface area contributed by atoms with E-state index in [1.807, 2.05) is 16.7 Å². The van der Waals surface area contributed by atoms with Gasteiger partial charge in [-0.1, -0.05) is 19.1 Å². The maximum absolute atomic E-state index is 13.0. The summed E-state index contributed by atoms with van der Waals surface area (Å²) >= 11 is 0. The molecule has 1 unspecified atom stereocenters. The quantitative estimate of drug-likeness (QED) is 0.559. The van der Waals surface area contributed by atoms with Crippen LogP contribution in [-0.2, 0) is 10.9 Å². The molecular formula is C24H30F3N3O4. The van der Waals surface area contributed by atoms with Crippen LogP contribution in [0.2, 0.25) is 0 Å². The normalized spacial score (nSPS) is 15.6. The van der Waals surface area contributed by atoms with Crippen molar-refractivity contribution >= 4 is 17.5 Å². The lowest BCUT2D eigenvalue weighted by Gasteiger charge is -2.37. The molecule has 1 heterocycles. The van der Waals surface area contributed by atoms with Gasteiger partial charge in [0.2, 0.25) is 0 Å². The summed E-state index contributed by atoms with van der Waals surface area (Å²) in [7, 11) is 0. The van der Waals surface area contributed by atoms with Gasteiger partial charge in [-0.15, -0.1) is 0 Å². The van der Waals surface area contributed by atoms with Gasteiger partial charge in [0.1, 0.15) is 18.5 Å². The Bertz CT molecular complexity index is 934. The highest BCUT2D eigenvalue weighted by Gasteiger charge is 2.31. The zero-order valence-electron chi connectivity index (χ0n) is 19.1. The highest BCUT2D eigenvalue weighted by atomic mass is 19.4. The Labute approximate surface area is 197 Å². The van der Waals surface area contributed by atoms with Crippen molar-refractivity contribution in [1.29, 1.82) is 0 Å². The van der Waals surface area contributed by atoms with Crippen LogP contribution in [0.5, 0.6) is 5.75 Å². The smallest absolute Gasteiger partial charge is 0.416 e. The molecule has 0 radical (unpaired) electrons. The van der Waals surface area contributed by atoms with Crippen LogP contribution in [0.3, 0.4) is 0 Å². The largest absolute Gasteiger partial charge is 0.494 e. The second-order valence-electron chi connectivity index (χ2n) is 8.09. The number of aliphatic hydroxyl groups is 1. The van der Waals surface area contributed by atoms with Crippen molar-refractivity contribution < 1.29 is 32.5 Å². The average Bonchev–Trinajstić information content (AvgIpc) is 2.82. The Kier molecular flexibility index (Phi) is 9.00. The lowest BCUT2D eigenvalue weighted by Crippen LogP contribution is -2.49. The summed E-state index contributed by atoms with van der Waals surface area (Å²) in [5, 5.41) is 12.9. The molecule has 3 rings (SSSR count). The number of hydrogen-bond acceptors (Lipinski definition) is 6. The molecule has 10 heteroatoms. The van der Waals surface area contributed by atoms with Gasteiger partial charge in [0.25, 0.3) is 0 Å². The number of nitrogens with zero attached hydrogens (tertiary/aromatic N) is 2. The number of anilines is 2. The molecule has 1 amide bonds. The van der Waals surface area contributed by atoms with E-state index in [2.05, 4.69) is 5.32 Å². The molecule has 1 aliphatic heterocycles. The highest BCUT2D eigenvalue weighted by molar-refractivity contribution is 5.84. The van der Waals surface area contributed by atoms with Crippen molar-refractivity contribution in [3.63, 3.8) is 0 Å². The fourth-order valence-corrected chi connectivity index (χ4v) is 3.63. The van der Waals surface area contributed by atoms with E-state index in [0.717, 1.165) is 18.6 Å². The van der Waals surface area contributed by atoms with Crippen LogP contribution in [0.1, 0.15) is 18.9 Å². The second-order valence-corrected chi connectivity index (χ2v) is 8.09. The van der Waals surface area contributed by atoms with Gasteiger partial charge in [0.05, 0.1) is 12.2 Å². The number of piperazine rings is 1. The van der Waals surface area contributed by atoms with E-state index < -0.39 is 23.9 Å². The van der Waals surface area contributed by atoms with E-state index in [0.29, 0.717) is 56.5 Å². The summed E-state index contributed by atoms with van der Waals surface area (Å²) in [4.78, 5) is 15.9. The molecule has 0 spiro atoms. The molecule has 186 valence electrons. The number of carbonyl (C=O) groups excluding carboxylic acids is 1. The Hall–Kier alpha value is -2.98. The number of halogens is 3. The van der Waals surface area contributed by atoms with Crippen molar-refractivity contribution in [2.24, 2.45) is 0 Å². The minimum atomic E-state index is -4.38. The molecule has 1 fully saturated rings. The third kappa shape index (κ3) is 7.81. The Morgan fingerprint density at radius 3 is 2.56 bits per heavy atom. The molecule has 1 saturated heterocycles. The standard InChI is InChI=1S/C24H30F3N3O4/c1-2-13-33-22-8-4-6-19(15-22)28-23(32)34-17-21(31)16-29-9-11-30(12-10-29)20-7-3-5-18(14-20)24(25,26)27/h3-8,14-15,21,31H,2,9-13,16-17H2,1H3,(H,28,32). The van der Waals surface area contributed by atoms with Gasteiger partial charge in [-0.05, 0) is 36.8 Å². The second kappa shape index (κ2) is 11.9. The number of hydrogen-bond donors (Lipinski definition) is 2. The predicted molar refractivity (Wildman–Crippen MR) is 123 cm³/mol. The first-order valence-corrected chi connectivity index (χ1v) is 11.2. The summed E-state index contributed by atoms with van der Waals surface area (Å²) in [6.07, 6.45) is -5.07. The van der Waals surface area contributed by atoms with E-state index in [9.17, 15) is 23.1 Å². The molecule has 7 nitrogen and oxygen atoms in total. The van der Waals surface area contributed by atoms with Crippen molar-refractivity contribution in [1.82, 2.24) is 4.90 Å². The van der Waals surface area contributed by atoms with Gasteiger partial charge >= 0.3 is 12.3 Å². The molecule has 0 aromatic heterocycles. The van der Waals surface area contributed by atoms with Crippen LogP contribution in [0.15, 0.2) is 48.5 Å². The first-order chi connectivity index (χ1) is 16.2. The Morgan fingerprint density at radius 2 is 1.85 bits per heavy atom. The van der Waals surface area contributed by atoms with Crippen molar-refractivity contribution in [3.05, 3.63) is 54.1 Å². The number of aliphatic hydroxyl groups excluding tert-OH is 1. The summed E-state index contributed by atoms with van der Waals surface area (Å²) < 4.78 is 49.5. The maximum atomic E-state index is 13.0. The lowest BCUT2D eigenvalue weighted by atomic mass is 10.1. The maximum Gasteiger partial charge on any atom is 0.416 e. The summed E-state index contributed by atoms with van der Waals surface area (Å²) in [5.41, 5.74) is 0.386. The molecule has 1 aliphatic rings. The molecule has 2 N–H and O–H groups in total. The number of amides is 1. The first-order valence-electron chi connectivity index (χ1n) is 11.2. The fourth-order valence-electron chi connectivity index (χ4n) is 3.63. The van der Waals surface area contributed by atoms with Crippen molar-refractivity contribution in [2.75, 3.05) is 56.2 Å². The predicted octanol–water partition coefficient (Wildman–Crippen LogP) is 4.23. The summed E-state index contributed by atoms with van der Waals surface area (Å²) in [5.74, 6) is 0.643. The fraction of sp³-hybridized carbons (Fsp3) is 0.458. The molecule has 0 saturated carbocycles. The zero-order valence-corrected chi connectivity index (χ0v) is 19.1. The lowest BCUT2D eigenvalue weighted by molar-refractivity contribution is -0.137. The molecule has 1 atom stereocenters. The van der Waals surface area contributed by atoms with E-state index in [4.69, 9.17) is 9.47 Å². The Balaban J connectivity index is 1.39. The van der Waals surface area contributed by atoms with Gasteiger partial charge in [-0.3, -0.25) is 10.2 Å². The summed E-state index contributed by atoms with van der Waals surface area (Å²) in [6, 6.07) is 12.2. The topological polar surface area (TPSA) is 74.3 Å². The summed E-state index contributed by atoms with van der Waals surface area (Å²) in [6.45, 7) is 4.91. The van der Waals surface area contributed by atoms with Crippen molar-refractivity contribution in [3.8, 4) is 5.75 Å². The van der Waals surface area contributed by atoms with E-state index in [-0.39, 0.29) is 6.61 Å². The number of ether oxygens (including phenoxy) is 2. The van der Waals surface area contributed by atoms with E-state index in [1.165, 1.54) is 6.07 Å². The van der Waals surface area contributed by atoms with Gasteiger partial charge < -0.3 is 19.5 Å². The van der Waals surface area contributed by atoms with E-state index >= 15 is 0 Å². The first kappa shape index (κ1) is 25.6. The van der Waals surface area contributed by atoms with Crippen LogP contribution in [-0.4, -0.2) is 68.1 Å². The highest BCUT2D eigenvalue weighted by Crippen LogP contribution is 2.31. The number of carbonyl (C=O) groups is 1. The third-order valence-electron chi connectivity index (χ3n) is 5.34. The number of rotatable bonds is 9. The van der Waals surface area contributed by atoms with Crippen molar-refractivity contribution in [2.45, 2.75) is 25.6 Å². The SMILES string of the molecule is CCCOc1cccc(NC(=O)OCC(O)CN2CCN(c3cccc(C(F)(F)F)c3)CC2)c1. The van der Waals surface area contributed by atoms with Gasteiger partial charge in [-0.25, -0.2) is 4.79 Å². The molecule has 34 heavy (non-hydrogen) atoms. The van der Waals surface area contributed by atoms with Crippen LogP contribution < -0.4 is 15.0 Å². The van der Waals surface area contributed by atoms with Crippen LogP contribution in [0, 0.1) is 0 Å². The molecule has 2 aromatic rings. The van der Waals surface area contributed by atoms with Crippen LogP contribution in [0.25, 0.3) is 0 Å².